The van der Waals surface area contributed by atoms with Gasteiger partial charge in [-0.2, -0.15) is 0 Å². The van der Waals surface area contributed by atoms with Gasteiger partial charge in [0.1, 0.15) is 0 Å². The molecule has 0 saturated heterocycles. The highest BCUT2D eigenvalue weighted by Crippen LogP contribution is 2.38. The molecule has 1 saturated carbocycles. The summed E-state index contributed by atoms with van der Waals surface area (Å²) in [6.07, 6.45) is 6.10. The summed E-state index contributed by atoms with van der Waals surface area (Å²) >= 11 is 0. The third kappa shape index (κ3) is 2.98. The van der Waals surface area contributed by atoms with E-state index in [9.17, 15) is 0 Å². The van der Waals surface area contributed by atoms with Gasteiger partial charge in [-0.3, -0.25) is 0 Å². The van der Waals surface area contributed by atoms with Gasteiger partial charge in [-0.15, -0.1) is 0 Å². The SMILES string of the molecule is CC(C)C1CCCC(N)(c2ccc3ccccc3c2)CC1. The maximum absolute atomic E-state index is 6.83. The quantitative estimate of drug-likeness (QED) is 0.749. The van der Waals surface area contributed by atoms with Gasteiger partial charge in [-0.25, -0.2) is 0 Å². The summed E-state index contributed by atoms with van der Waals surface area (Å²) in [7, 11) is 0. The molecule has 2 aromatic carbocycles. The molecule has 0 spiro atoms. The van der Waals surface area contributed by atoms with E-state index in [4.69, 9.17) is 5.73 Å². The second-order valence-electron chi connectivity index (χ2n) is 7.15. The molecule has 1 nitrogen and oxygen atoms in total. The Morgan fingerprint density at radius 1 is 1.00 bits per heavy atom. The van der Waals surface area contributed by atoms with Crippen LogP contribution in [0.2, 0.25) is 0 Å². The van der Waals surface area contributed by atoms with Crippen LogP contribution in [0.25, 0.3) is 10.8 Å². The van der Waals surface area contributed by atoms with Crippen molar-refractivity contribution < 1.29 is 0 Å². The first-order valence-corrected chi connectivity index (χ1v) is 8.37. The minimum absolute atomic E-state index is 0.131. The average Bonchev–Trinajstić information content (AvgIpc) is 2.70. The zero-order valence-electron chi connectivity index (χ0n) is 13.3. The molecule has 2 unspecified atom stereocenters. The fourth-order valence-corrected chi connectivity index (χ4v) is 3.85. The van der Waals surface area contributed by atoms with Crippen molar-refractivity contribution in [1.29, 1.82) is 0 Å². The Hall–Kier alpha value is -1.34. The van der Waals surface area contributed by atoms with Gasteiger partial charge in [0.2, 0.25) is 0 Å². The van der Waals surface area contributed by atoms with Crippen LogP contribution in [0, 0.1) is 11.8 Å². The first-order chi connectivity index (χ1) is 10.1. The second kappa shape index (κ2) is 5.81. The Morgan fingerprint density at radius 2 is 1.76 bits per heavy atom. The molecule has 0 radical (unpaired) electrons. The fourth-order valence-electron chi connectivity index (χ4n) is 3.85. The first kappa shape index (κ1) is 14.6. The fraction of sp³-hybridized carbons (Fsp3) is 0.500. The highest BCUT2D eigenvalue weighted by Gasteiger charge is 2.31. The topological polar surface area (TPSA) is 26.0 Å². The van der Waals surface area contributed by atoms with E-state index in [1.165, 1.54) is 35.6 Å². The molecule has 0 bridgehead atoms. The molecule has 0 heterocycles. The number of nitrogens with two attached hydrogens (primary N) is 1. The summed E-state index contributed by atoms with van der Waals surface area (Å²) < 4.78 is 0. The standard InChI is InChI=1S/C20H27N/c1-15(2)16-8-5-12-20(21,13-11-16)19-10-9-17-6-3-4-7-18(17)14-19/h3-4,6-7,9-10,14-16H,5,8,11-13,21H2,1-2H3. The molecule has 21 heavy (non-hydrogen) atoms. The van der Waals surface area contributed by atoms with E-state index in [1.807, 2.05) is 0 Å². The van der Waals surface area contributed by atoms with Crippen LogP contribution < -0.4 is 5.73 Å². The predicted octanol–water partition coefficient (Wildman–Crippen LogP) is 5.23. The molecule has 2 aromatic rings. The normalized spacial score (nSPS) is 27.0. The van der Waals surface area contributed by atoms with Gasteiger partial charge in [0.05, 0.1) is 0 Å². The lowest BCUT2D eigenvalue weighted by molar-refractivity contribution is 0.325. The van der Waals surface area contributed by atoms with Crippen LogP contribution in [0.5, 0.6) is 0 Å². The molecule has 112 valence electrons. The lowest BCUT2D eigenvalue weighted by atomic mass is 9.82. The molecule has 2 N–H and O–H groups in total. The number of hydrogen-bond acceptors (Lipinski definition) is 1. The number of rotatable bonds is 2. The smallest absolute Gasteiger partial charge is 0.0409 e. The molecule has 2 atom stereocenters. The molecule has 1 heteroatoms. The lowest BCUT2D eigenvalue weighted by Gasteiger charge is -2.29. The maximum Gasteiger partial charge on any atom is 0.0409 e. The van der Waals surface area contributed by atoms with Crippen LogP contribution >= 0.6 is 0 Å². The van der Waals surface area contributed by atoms with Crippen LogP contribution in [-0.4, -0.2) is 0 Å². The maximum atomic E-state index is 6.83. The monoisotopic (exact) mass is 281 g/mol. The Bertz CT molecular complexity index is 616. The summed E-state index contributed by atoms with van der Waals surface area (Å²) in [4.78, 5) is 0. The minimum Gasteiger partial charge on any atom is -0.321 e. The molecular formula is C20H27N. The van der Waals surface area contributed by atoms with Crippen molar-refractivity contribution in [2.24, 2.45) is 17.6 Å². The molecule has 0 aromatic heterocycles. The van der Waals surface area contributed by atoms with Gasteiger partial charge in [-0.05, 0) is 53.5 Å². The third-order valence-electron chi connectivity index (χ3n) is 5.43. The Morgan fingerprint density at radius 3 is 2.52 bits per heavy atom. The van der Waals surface area contributed by atoms with E-state index >= 15 is 0 Å². The Labute approximate surface area is 128 Å². The molecule has 1 fully saturated rings. The van der Waals surface area contributed by atoms with E-state index in [0.29, 0.717) is 0 Å². The van der Waals surface area contributed by atoms with E-state index < -0.39 is 0 Å². The van der Waals surface area contributed by atoms with E-state index in [1.54, 1.807) is 0 Å². The Kier molecular flexibility index (Phi) is 4.03. The predicted molar refractivity (Wildman–Crippen MR) is 91.2 cm³/mol. The third-order valence-corrected chi connectivity index (χ3v) is 5.43. The lowest BCUT2D eigenvalue weighted by Crippen LogP contribution is -2.36. The van der Waals surface area contributed by atoms with Gasteiger partial charge in [0.25, 0.3) is 0 Å². The molecule has 0 aliphatic heterocycles. The van der Waals surface area contributed by atoms with Crippen LogP contribution in [0.3, 0.4) is 0 Å². The van der Waals surface area contributed by atoms with Gasteiger partial charge in [0.15, 0.2) is 0 Å². The van der Waals surface area contributed by atoms with Crippen molar-refractivity contribution in [3.63, 3.8) is 0 Å². The summed E-state index contributed by atoms with van der Waals surface area (Å²) in [5.41, 5.74) is 8.03. The van der Waals surface area contributed by atoms with Gasteiger partial charge >= 0.3 is 0 Å². The van der Waals surface area contributed by atoms with Crippen molar-refractivity contribution in [1.82, 2.24) is 0 Å². The van der Waals surface area contributed by atoms with E-state index in [0.717, 1.165) is 24.7 Å². The highest BCUT2D eigenvalue weighted by molar-refractivity contribution is 5.83. The van der Waals surface area contributed by atoms with Gasteiger partial charge in [0, 0.05) is 5.54 Å². The number of hydrogen-bond donors (Lipinski definition) is 1. The summed E-state index contributed by atoms with van der Waals surface area (Å²) in [5, 5.41) is 2.61. The molecule has 0 amide bonds. The van der Waals surface area contributed by atoms with Crippen LogP contribution in [0.1, 0.15) is 51.5 Å². The number of fused-ring (bicyclic) bond motifs is 1. The van der Waals surface area contributed by atoms with Crippen LogP contribution in [0.4, 0.5) is 0 Å². The summed E-state index contributed by atoms with van der Waals surface area (Å²) in [6, 6.07) is 15.4. The molecule has 3 rings (SSSR count). The van der Waals surface area contributed by atoms with Crippen molar-refractivity contribution in [3.05, 3.63) is 48.0 Å². The zero-order valence-corrected chi connectivity index (χ0v) is 13.3. The van der Waals surface area contributed by atoms with Crippen molar-refractivity contribution in [2.45, 2.75) is 51.5 Å². The zero-order chi connectivity index (χ0) is 14.9. The average molecular weight is 281 g/mol. The van der Waals surface area contributed by atoms with E-state index in [2.05, 4.69) is 56.3 Å². The van der Waals surface area contributed by atoms with Crippen molar-refractivity contribution in [2.75, 3.05) is 0 Å². The summed E-state index contributed by atoms with van der Waals surface area (Å²) in [5.74, 6) is 1.62. The van der Waals surface area contributed by atoms with Gasteiger partial charge < -0.3 is 5.73 Å². The largest absolute Gasteiger partial charge is 0.321 e. The van der Waals surface area contributed by atoms with Crippen molar-refractivity contribution in [3.8, 4) is 0 Å². The van der Waals surface area contributed by atoms with Crippen LogP contribution in [0.15, 0.2) is 42.5 Å². The molecule has 1 aliphatic carbocycles. The first-order valence-electron chi connectivity index (χ1n) is 8.37. The second-order valence-corrected chi connectivity index (χ2v) is 7.15. The molecular weight excluding hydrogens is 254 g/mol. The molecule has 1 aliphatic rings. The Balaban J connectivity index is 1.89. The van der Waals surface area contributed by atoms with Crippen molar-refractivity contribution >= 4 is 10.8 Å². The van der Waals surface area contributed by atoms with E-state index in [-0.39, 0.29) is 5.54 Å². The highest BCUT2D eigenvalue weighted by atomic mass is 14.7. The van der Waals surface area contributed by atoms with Crippen LogP contribution in [-0.2, 0) is 5.54 Å². The number of benzene rings is 2. The van der Waals surface area contributed by atoms with Gasteiger partial charge in [-0.1, -0.05) is 63.1 Å². The minimum atomic E-state index is -0.131. The summed E-state index contributed by atoms with van der Waals surface area (Å²) in [6.45, 7) is 4.70.